The molecule has 2 aliphatic carbocycles. The quantitative estimate of drug-likeness (QED) is 0.835. The Bertz CT molecular complexity index is 429. The van der Waals surface area contributed by atoms with E-state index in [4.69, 9.17) is 5.11 Å². The maximum absolute atomic E-state index is 12.3. The monoisotopic (exact) mass is 281 g/mol. The normalized spacial score (nSPS) is 20.1. The highest BCUT2D eigenvalue weighted by Gasteiger charge is 2.38. The van der Waals surface area contributed by atoms with Crippen molar-refractivity contribution in [2.24, 2.45) is 5.92 Å². The van der Waals surface area contributed by atoms with E-state index in [1.54, 1.807) is 22.4 Å². The molecule has 2 aliphatic rings. The van der Waals surface area contributed by atoms with Crippen LogP contribution in [0.1, 0.15) is 36.7 Å². The minimum absolute atomic E-state index is 0.0231. The van der Waals surface area contributed by atoms with Crippen LogP contribution in [0.15, 0.2) is 11.6 Å². The Balaban J connectivity index is 1.65. The standard InChI is InChI=1S/C13H19N3O2S/c17-7-6-16(10-3-4-10)13(18)15-11(9-1-2-9)12-14-5-8-19-12/h5,8-11,17H,1-4,6-7H2,(H,15,18). The number of amides is 2. The predicted octanol–water partition coefficient (Wildman–Crippen LogP) is 1.76. The molecule has 0 bridgehead atoms. The fourth-order valence-corrected chi connectivity index (χ4v) is 3.14. The van der Waals surface area contributed by atoms with Crippen molar-refractivity contribution in [3.05, 3.63) is 16.6 Å². The van der Waals surface area contributed by atoms with E-state index < -0.39 is 0 Å². The van der Waals surface area contributed by atoms with Gasteiger partial charge in [-0.05, 0) is 31.6 Å². The van der Waals surface area contributed by atoms with Gasteiger partial charge in [0.1, 0.15) is 5.01 Å². The number of aromatic nitrogens is 1. The molecule has 1 heterocycles. The van der Waals surface area contributed by atoms with Gasteiger partial charge in [0, 0.05) is 24.2 Å². The molecule has 1 aromatic heterocycles. The number of aliphatic hydroxyl groups excluding tert-OH is 1. The van der Waals surface area contributed by atoms with Crippen LogP contribution >= 0.6 is 11.3 Å². The van der Waals surface area contributed by atoms with E-state index in [9.17, 15) is 4.79 Å². The summed E-state index contributed by atoms with van der Waals surface area (Å²) in [5, 5.41) is 15.1. The molecule has 2 N–H and O–H groups in total. The number of nitrogens with zero attached hydrogens (tertiary/aromatic N) is 2. The third kappa shape index (κ3) is 3.06. The fourth-order valence-electron chi connectivity index (χ4n) is 2.36. The molecule has 3 rings (SSSR count). The molecule has 2 saturated carbocycles. The molecular formula is C13H19N3O2S. The Morgan fingerprint density at radius 1 is 1.53 bits per heavy atom. The maximum atomic E-state index is 12.3. The summed E-state index contributed by atoms with van der Waals surface area (Å²) in [5.41, 5.74) is 0. The summed E-state index contributed by atoms with van der Waals surface area (Å²) < 4.78 is 0. The number of nitrogens with one attached hydrogen (secondary N) is 1. The van der Waals surface area contributed by atoms with Crippen LogP contribution in [-0.2, 0) is 0 Å². The average Bonchev–Trinajstić information content (AvgIpc) is 3.32. The van der Waals surface area contributed by atoms with Crippen molar-refractivity contribution in [2.75, 3.05) is 13.2 Å². The van der Waals surface area contributed by atoms with E-state index in [0.29, 0.717) is 18.5 Å². The summed E-state index contributed by atoms with van der Waals surface area (Å²) in [4.78, 5) is 18.4. The molecule has 104 valence electrons. The van der Waals surface area contributed by atoms with Crippen molar-refractivity contribution in [2.45, 2.75) is 37.8 Å². The Hall–Kier alpha value is -1.14. The van der Waals surface area contributed by atoms with Gasteiger partial charge < -0.3 is 15.3 Å². The molecule has 0 saturated heterocycles. The van der Waals surface area contributed by atoms with Crippen LogP contribution in [-0.4, -0.2) is 40.2 Å². The summed E-state index contributed by atoms with van der Waals surface area (Å²) in [7, 11) is 0. The van der Waals surface area contributed by atoms with E-state index in [2.05, 4.69) is 10.3 Å². The van der Waals surface area contributed by atoms with Gasteiger partial charge in [0.05, 0.1) is 12.6 Å². The van der Waals surface area contributed by atoms with Crippen molar-refractivity contribution >= 4 is 17.4 Å². The zero-order chi connectivity index (χ0) is 13.2. The minimum atomic E-state index is -0.0522. The molecule has 1 unspecified atom stereocenters. The summed E-state index contributed by atoms with van der Waals surface area (Å²) in [6.45, 7) is 0.445. The molecule has 2 fully saturated rings. The number of urea groups is 1. The number of carbonyl (C=O) groups is 1. The summed E-state index contributed by atoms with van der Waals surface area (Å²) in [6.07, 6.45) is 6.22. The summed E-state index contributed by atoms with van der Waals surface area (Å²) in [6, 6.07) is 0.319. The average molecular weight is 281 g/mol. The van der Waals surface area contributed by atoms with Crippen LogP contribution in [0.3, 0.4) is 0 Å². The van der Waals surface area contributed by atoms with Crippen LogP contribution < -0.4 is 5.32 Å². The topological polar surface area (TPSA) is 65.5 Å². The first-order valence-electron chi connectivity index (χ1n) is 6.87. The first-order valence-corrected chi connectivity index (χ1v) is 7.75. The smallest absolute Gasteiger partial charge is 0.318 e. The van der Waals surface area contributed by atoms with Gasteiger partial charge in [-0.15, -0.1) is 11.3 Å². The maximum Gasteiger partial charge on any atom is 0.318 e. The molecule has 0 aromatic carbocycles. The van der Waals surface area contributed by atoms with Crippen LogP contribution in [0.25, 0.3) is 0 Å². The highest BCUT2D eigenvalue weighted by Crippen LogP contribution is 2.41. The third-order valence-corrected chi connectivity index (χ3v) is 4.54. The van der Waals surface area contributed by atoms with Gasteiger partial charge in [-0.1, -0.05) is 0 Å². The van der Waals surface area contributed by atoms with Crippen molar-refractivity contribution < 1.29 is 9.90 Å². The first-order chi connectivity index (χ1) is 9.29. The summed E-state index contributed by atoms with van der Waals surface area (Å²) in [5.74, 6) is 0.533. The highest BCUT2D eigenvalue weighted by atomic mass is 32.1. The highest BCUT2D eigenvalue weighted by molar-refractivity contribution is 7.09. The lowest BCUT2D eigenvalue weighted by Crippen LogP contribution is -2.44. The van der Waals surface area contributed by atoms with Crippen LogP contribution in [0.2, 0.25) is 0 Å². The van der Waals surface area contributed by atoms with Gasteiger partial charge in [-0.25, -0.2) is 9.78 Å². The van der Waals surface area contributed by atoms with Gasteiger partial charge in [0.25, 0.3) is 0 Å². The van der Waals surface area contributed by atoms with Gasteiger partial charge in [0.2, 0.25) is 0 Å². The second kappa shape index (κ2) is 5.46. The molecule has 1 aromatic rings. The van der Waals surface area contributed by atoms with Crippen molar-refractivity contribution in [3.8, 4) is 0 Å². The third-order valence-electron chi connectivity index (χ3n) is 3.68. The number of rotatable bonds is 6. The van der Waals surface area contributed by atoms with E-state index in [1.807, 2.05) is 5.38 Å². The fraction of sp³-hybridized carbons (Fsp3) is 0.692. The molecule has 1 atom stereocenters. The zero-order valence-corrected chi connectivity index (χ0v) is 11.6. The number of carbonyl (C=O) groups excluding carboxylic acids is 1. The summed E-state index contributed by atoms with van der Waals surface area (Å²) >= 11 is 1.60. The van der Waals surface area contributed by atoms with Crippen molar-refractivity contribution in [1.29, 1.82) is 0 Å². The predicted molar refractivity (Wildman–Crippen MR) is 72.9 cm³/mol. The lowest BCUT2D eigenvalue weighted by molar-refractivity contribution is 0.169. The van der Waals surface area contributed by atoms with Crippen LogP contribution in [0, 0.1) is 5.92 Å². The second-order valence-corrected chi connectivity index (χ2v) is 6.21. The zero-order valence-electron chi connectivity index (χ0n) is 10.8. The van der Waals surface area contributed by atoms with Crippen molar-refractivity contribution in [1.82, 2.24) is 15.2 Å². The van der Waals surface area contributed by atoms with E-state index in [0.717, 1.165) is 30.7 Å². The van der Waals surface area contributed by atoms with Gasteiger partial charge in [0.15, 0.2) is 0 Å². The number of hydrogen-bond donors (Lipinski definition) is 2. The molecule has 0 radical (unpaired) electrons. The van der Waals surface area contributed by atoms with Crippen LogP contribution in [0.4, 0.5) is 4.79 Å². The molecule has 5 nitrogen and oxygen atoms in total. The Kier molecular flexibility index (Phi) is 3.70. The number of hydrogen-bond acceptors (Lipinski definition) is 4. The molecular weight excluding hydrogens is 262 g/mol. The van der Waals surface area contributed by atoms with E-state index >= 15 is 0 Å². The molecule has 19 heavy (non-hydrogen) atoms. The van der Waals surface area contributed by atoms with Gasteiger partial charge in [-0.2, -0.15) is 0 Å². The van der Waals surface area contributed by atoms with E-state index in [-0.39, 0.29) is 18.7 Å². The first kappa shape index (κ1) is 12.9. The molecule has 0 spiro atoms. The largest absolute Gasteiger partial charge is 0.395 e. The molecule has 2 amide bonds. The minimum Gasteiger partial charge on any atom is -0.395 e. The Morgan fingerprint density at radius 2 is 2.32 bits per heavy atom. The SMILES string of the molecule is O=C(NC(c1nccs1)C1CC1)N(CCO)C1CC1. The second-order valence-electron chi connectivity index (χ2n) is 5.28. The van der Waals surface area contributed by atoms with Gasteiger partial charge >= 0.3 is 6.03 Å². The number of aliphatic hydroxyl groups is 1. The number of thiazole rings is 1. The van der Waals surface area contributed by atoms with Crippen molar-refractivity contribution in [3.63, 3.8) is 0 Å². The lowest BCUT2D eigenvalue weighted by atomic mass is 10.2. The van der Waals surface area contributed by atoms with Gasteiger partial charge in [-0.3, -0.25) is 0 Å². The van der Waals surface area contributed by atoms with E-state index in [1.165, 1.54) is 0 Å². The molecule has 0 aliphatic heterocycles. The Morgan fingerprint density at radius 3 is 2.84 bits per heavy atom. The van der Waals surface area contributed by atoms with Crippen LogP contribution in [0.5, 0.6) is 0 Å². The Labute approximate surface area is 116 Å². The molecule has 6 heteroatoms. The lowest BCUT2D eigenvalue weighted by Gasteiger charge is -2.25.